The number of hydrogen-bond acceptors (Lipinski definition) is 6. The highest BCUT2D eigenvalue weighted by Crippen LogP contribution is 2.34. The summed E-state index contributed by atoms with van der Waals surface area (Å²) >= 11 is 0. The van der Waals surface area contributed by atoms with Gasteiger partial charge in [-0.15, -0.1) is 0 Å². The minimum Gasteiger partial charge on any atom is -0.493 e. The predicted octanol–water partition coefficient (Wildman–Crippen LogP) is 4.80. The third kappa shape index (κ3) is 4.31. The van der Waals surface area contributed by atoms with Gasteiger partial charge < -0.3 is 19.4 Å². The van der Waals surface area contributed by atoms with Crippen LogP contribution in [0.4, 0.5) is 19.0 Å². The number of nitrogens with one attached hydrogen (secondary N) is 1. The molecule has 0 spiro atoms. The number of anilines is 1. The zero-order chi connectivity index (χ0) is 22.3. The highest BCUT2D eigenvalue weighted by atomic mass is 19.4. The highest BCUT2D eigenvalue weighted by molar-refractivity contribution is 5.83. The molecular weight excluding hydrogens is 423 g/mol. The minimum atomic E-state index is -4.65. The van der Waals surface area contributed by atoms with Crippen molar-refractivity contribution in [3.63, 3.8) is 0 Å². The molecule has 7 nitrogen and oxygen atoms in total. The molecule has 1 N–H and O–H groups in total. The van der Waals surface area contributed by atoms with Gasteiger partial charge in [-0.3, -0.25) is 0 Å². The molecule has 0 unspecified atom stereocenters. The normalized spacial score (nSPS) is 17.1. The van der Waals surface area contributed by atoms with E-state index in [-0.39, 0.29) is 23.6 Å². The summed E-state index contributed by atoms with van der Waals surface area (Å²) in [6.07, 6.45) is 3.13. The molecule has 2 saturated carbocycles. The number of ether oxygens (including phenoxy) is 2. The summed E-state index contributed by atoms with van der Waals surface area (Å²) in [6.45, 7) is 0.290. The fourth-order valence-corrected chi connectivity index (χ4v) is 4.00. The Hall–Kier alpha value is -3.04. The van der Waals surface area contributed by atoms with E-state index in [1.54, 1.807) is 11.7 Å². The lowest BCUT2D eigenvalue weighted by Gasteiger charge is -2.17. The maximum atomic E-state index is 13.4. The molecule has 3 aromatic rings. The quantitative estimate of drug-likeness (QED) is 0.561. The largest absolute Gasteiger partial charge is 0.493 e. The van der Waals surface area contributed by atoms with Crippen molar-refractivity contribution in [2.75, 3.05) is 12.4 Å². The first-order valence-electron chi connectivity index (χ1n) is 10.8. The standard InChI is InChI=1S/C22H24F3N5O2/c1-31-16-9-6-13(10-17(16)32-15-4-2-3-5-15)11-30-12-26-18-19(27-14-7-8-14)28-21(22(23,24)25)29-20(18)30/h6,9-10,12,14-15H,2-5,7-8,11H2,1H3,(H,27,28,29). The number of aromatic nitrogens is 4. The maximum absolute atomic E-state index is 13.4. The van der Waals surface area contributed by atoms with Crippen molar-refractivity contribution in [3.05, 3.63) is 35.9 Å². The van der Waals surface area contributed by atoms with Gasteiger partial charge in [0.05, 0.1) is 26.1 Å². The van der Waals surface area contributed by atoms with Crippen LogP contribution in [0.15, 0.2) is 24.5 Å². The molecule has 0 atom stereocenters. The number of nitrogens with zero attached hydrogens (tertiary/aromatic N) is 4. The van der Waals surface area contributed by atoms with E-state index >= 15 is 0 Å². The number of benzene rings is 1. The third-order valence-electron chi connectivity index (χ3n) is 5.81. The SMILES string of the molecule is COc1ccc(Cn2cnc3c(NC4CC4)nc(C(F)(F)F)nc32)cc1OC1CCCC1. The lowest BCUT2D eigenvalue weighted by molar-refractivity contribution is -0.144. The van der Waals surface area contributed by atoms with Crippen LogP contribution < -0.4 is 14.8 Å². The van der Waals surface area contributed by atoms with Crippen molar-refractivity contribution < 1.29 is 22.6 Å². The first-order valence-corrected chi connectivity index (χ1v) is 10.8. The molecule has 2 aromatic heterocycles. The lowest BCUT2D eigenvalue weighted by atomic mass is 10.2. The second-order valence-electron chi connectivity index (χ2n) is 8.37. The van der Waals surface area contributed by atoms with Gasteiger partial charge in [0.15, 0.2) is 23.0 Å². The monoisotopic (exact) mass is 447 g/mol. The van der Waals surface area contributed by atoms with Gasteiger partial charge in [0.25, 0.3) is 0 Å². The predicted molar refractivity (Wildman–Crippen MR) is 112 cm³/mol. The van der Waals surface area contributed by atoms with Crippen LogP contribution in [0.25, 0.3) is 11.2 Å². The smallest absolute Gasteiger partial charge is 0.451 e. The average molecular weight is 447 g/mol. The molecular formula is C22H24F3N5O2. The summed E-state index contributed by atoms with van der Waals surface area (Å²) in [4.78, 5) is 11.8. The van der Waals surface area contributed by atoms with Crippen LogP contribution in [0.2, 0.25) is 0 Å². The molecule has 10 heteroatoms. The number of rotatable bonds is 7. The van der Waals surface area contributed by atoms with Crippen LogP contribution in [0.5, 0.6) is 11.5 Å². The van der Waals surface area contributed by atoms with E-state index in [0.717, 1.165) is 44.1 Å². The second-order valence-corrected chi connectivity index (χ2v) is 8.37. The topological polar surface area (TPSA) is 74.1 Å². The average Bonchev–Trinajstić information content (AvgIpc) is 3.25. The molecule has 2 aliphatic rings. The van der Waals surface area contributed by atoms with Crippen molar-refractivity contribution in [1.82, 2.24) is 19.5 Å². The van der Waals surface area contributed by atoms with Crippen molar-refractivity contribution in [2.45, 2.75) is 63.4 Å². The summed E-state index contributed by atoms with van der Waals surface area (Å²) in [5.41, 5.74) is 1.33. The van der Waals surface area contributed by atoms with E-state index in [2.05, 4.69) is 20.3 Å². The van der Waals surface area contributed by atoms with Gasteiger partial charge in [0, 0.05) is 6.04 Å². The van der Waals surface area contributed by atoms with Crippen molar-refractivity contribution in [3.8, 4) is 11.5 Å². The van der Waals surface area contributed by atoms with Gasteiger partial charge in [-0.25, -0.2) is 15.0 Å². The fraction of sp³-hybridized carbons (Fsp3) is 0.500. The van der Waals surface area contributed by atoms with Crippen molar-refractivity contribution in [1.29, 1.82) is 0 Å². The number of fused-ring (bicyclic) bond motifs is 1. The number of halogens is 3. The molecule has 0 bridgehead atoms. The second kappa shape index (κ2) is 8.14. The van der Waals surface area contributed by atoms with Gasteiger partial charge in [0.2, 0.25) is 5.82 Å². The summed E-state index contributed by atoms with van der Waals surface area (Å²) in [6, 6.07) is 5.69. The van der Waals surface area contributed by atoms with Crippen molar-refractivity contribution >= 4 is 17.0 Å². The van der Waals surface area contributed by atoms with Crippen molar-refractivity contribution in [2.24, 2.45) is 0 Å². The number of hydrogen-bond donors (Lipinski definition) is 1. The Bertz CT molecular complexity index is 1120. The summed E-state index contributed by atoms with van der Waals surface area (Å²) in [5.74, 6) is 0.232. The molecule has 32 heavy (non-hydrogen) atoms. The molecule has 170 valence electrons. The molecule has 2 aliphatic carbocycles. The molecule has 2 heterocycles. The third-order valence-corrected chi connectivity index (χ3v) is 5.81. The van der Waals surface area contributed by atoms with Crippen LogP contribution in [0.1, 0.15) is 49.9 Å². The van der Waals surface area contributed by atoms with Crippen LogP contribution in [-0.4, -0.2) is 38.8 Å². The lowest BCUT2D eigenvalue weighted by Crippen LogP contribution is -2.15. The Morgan fingerprint density at radius 3 is 2.56 bits per heavy atom. The van der Waals surface area contributed by atoms with E-state index in [9.17, 15) is 13.2 Å². The fourth-order valence-electron chi connectivity index (χ4n) is 4.00. The summed E-state index contributed by atoms with van der Waals surface area (Å²) in [5, 5.41) is 3.05. The Balaban J connectivity index is 1.48. The molecule has 5 rings (SSSR count). The first-order chi connectivity index (χ1) is 15.4. The molecule has 2 fully saturated rings. The van der Waals surface area contributed by atoms with Gasteiger partial charge in [0.1, 0.15) is 5.52 Å². The van der Waals surface area contributed by atoms with Gasteiger partial charge >= 0.3 is 6.18 Å². The van der Waals surface area contributed by atoms with E-state index in [4.69, 9.17) is 9.47 Å². The zero-order valence-corrected chi connectivity index (χ0v) is 17.7. The molecule has 0 aliphatic heterocycles. The number of methoxy groups -OCH3 is 1. The van der Waals surface area contributed by atoms with E-state index in [1.165, 1.54) is 6.33 Å². The Kier molecular flexibility index (Phi) is 5.30. The number of alkyl halides is 3. The zero-order valence-electron chi connectivity index (χ0n) is 17.7. The first kappa shape index (κ1) is 20.8. The maximum Gasteiger partial charge on any atom is 0.451 e. The van der Waals surface area contributed by atoms with E-state index in [1.807, 2.05) is 18.2 Å². The number of imidazole rings is 1. The van der Waals surface area contributed by atoms with Crippen LogP contribution in [0.3, 0.4) is 0 Å². The van der Waals surface area contributed by atoms with E-state index in [0.29, 0.717) is 23.6 Å². The van der Waals surface area contributed by atoms with Gasteiger partial charge in [-0.1, -0.05) is 6.07 Å². The molecule has 0 saturated heterocycles. The van der Waals surface area contributed by atoms with Crippen LogP contribution in [0, 0.1) is 0 Å². The summed E-state index contributed by atoms with van der Waals surface area (Å²) in [7, 11) is 1.59. The van der Waals surface area contributed by atoms with Crippen LogP contribution >= 0.6 is 0 Å². The summed E-state index contributed by atoms with van der Waals surface area (Å²) < 4.78 is 53.5. The van der Waals surface area contributed by atoms with E-state index < -0.39 is 12.0 Å². The Morgan fingerprint density at radius 2 is 1.88 bits per heavy atom. The van der Waals surface area contributed by atoms with Gasteiger partial charge in [-0.05, 0) is 56.2 Å². The Labute approximate surface area is 183 Å². The molecule has 0 radical (unpaired) electrons. The molecule has 0 amide bonds. The minimum absolute atomic E-state index is 0.128. The highest BCUT2D eigenvalue weighted by Gasteiger charge is 2.37. The Morgan fingerprint density at radius 1 is 1.09 bits per heavy atom. The molecule has 1 aromatic carbocycles. The van der Waals surface area contributed by atoms with Gasteiger partial charge in [-0.2, -0.15) is 13.2 Å². The van der Waals surface area contributed by atoms with Crippen LogP contribution in [-0.2, 0) is 12.7 Å².